The summed E-state index contributed by atoms with van der Waals surface area (Å²) >= 11 is 0. The second kappa shape index (κ2) is 9.55. The molecule has 146 valence electrons. The van der Waals surface area contributed by atoms with Crippen LogP contribution in [0.3, 0.4) is 0 Å². The number of hydrogen-bond donors (Lipinski definition) is 1. The normalized spacial score (nSPS) is 17.6. The summed E-state index contributed by atoms with van der Waals surface area (Å²) in [6.07, 6.45) is 6.43. The lowest BCUT2D eigenvalue weighted by atomic mass is 10.0. The number of oxazole rings is 1. The average molecular weight is 371 g/mol. The van der Waals surface area contributed by atoms with E-state index in [1.807, 2.05) is 24.3 Å². The van der Waals surface area contributed by atoms with Gasteiger partial charge in [-0.1, -0.05) is 6.42 Å². The number of methoxy groups -OCH3 is 1. The number of aromatic nitrogens is 1. The van der Waals surface area contributed by atoms with Crippen LogP contribution >= 0.6 is 0 Å². The Morgan fingerprint density at radius 2 is 2.15 bits per heavy atom. The second-order valence-electron chi connectivity index (χ2n) is 7.08. The number of piperidine rings is 1. The quantitative estimate of drug-likeness (QED) is 0.771. The van der Waals surface area contributed by atoms with E-state index in [0.717, 1.165) is 24.4 Å². The maximum Gasteiger partial charge on any atom is 0.220 e. The molecule has 2 aromatic rings. The molecule has 0 radical (unpaired) electrons. The number of ether oxygens (including phenoxy) is 1. The van der Waals surface area contributed by atoms with E-state index in [4.69, 9.17) is 9.15 Å². The summed E-state index contributed by atoms with van der Waals surface area (Å²) in [6.45, 7) is 5.03. The molecule has 0 spiro atoms. The molecule has 1 N–H and O–H groups in total. The molecule has 6 heteroatoms. The average Bonchev–Trinajstić information content (AvgIpc) is 3.17. The summed E-state index contributed by atoms with van der Waals surface area (Å²) in [6, 6.07) is 8.25. The maximum atomic E-state index is 12.1. The highest BCUT2D eigenvalue weighted by atomic mass is 16.5. The summed E-state index contributed by atoms with van der Waals surface area (Å²) in [7, 11) is 1.64. The van der Waals surface area contributed by atoms with E-state index < -0.39 is 0 Å². The standard InChI is InChI=1S/C21H29N3O3/c1-16-5-3-4-13-24(16)14-12-22-20(25)10-11-21-23-15-19(27-21)17-6-8-18(26-2)9-7-17/h6-9,15-16H,3-5,10-14H2,1-2H3,(H,22,25). The van der Waals surface area contributed by atoms with Crippen LogP contribution in [0, 0.1) is 0 Å². The lowest BCUT2D eigenvalue weighted by Gasteiger charge is -2.33. The molecule has 1 aromatic carbocycles. The van der Waals surface area contributed by atoms with Gasteiger partial charge < -0.3 is 14.5 Å². The number of hydrogen-bond acceptors (Lipinski definition) is 5. The van der Waals surface area contributed by atoms with E-state index in [1.54, 1.807) is 13.3 Å². The van der Waals surface area contributed by atoms with Crippen LogP contribution in [0.1, 0.15) is 38.5 Å². The Kier molecular flexibility index (Phi) is 6.87. The SMILES string of the molecule is COc1ccc(-c2cnc(CCC(=O)NCCN3CCCCC3C)o2)cc1. The maximum absolute atomic E-state index is 12.1. The van der Waals surface area contributed by atoms with Crippen molar-refractivity contribution < 1.29 is 13.9 Å². The molecule has 0 saturated carbocycles. The zero-order valence-electron chi connectivity index (χ0n) is 16.2. The largest absolute Gasteiger partial charge is 0.497 e. The van der Waals surface area contributed by atoms with Crippen LogP contribution in [0.4, 0.5) is 0 Å². The van der Waals surface area contributed by atoms with Gasteiger partial charge >= 0.3 is 0 Å². The first-order chi connectivity index (χ1) is 13.2. The van der Waals surface area contributed by atoms with Crippen molar-refractivity contribution in [3.05, 3.63) is 36.4 Å². The molecule has 0 bridgehead atoms. The third kappa shape index (κ3) is 5.57. The molecule has 1 aromatic heterocycles. The molecule has 27 heavy (non-hydrogen) atoms. The van der Waals surface area contributed by atoms with Gasteiger partial charge in [-0.15, -0.1) is 0 Å². The predicted octanol–water partition coefficient (Wildman–Crippen LogP) is 3.27. The van der Waals surface area contributed by atoms with E-state index in [0.29, 0.717) is 37.1 Å². The Hall–Kier alpha value is -2.34. The molecule has 1 unspecified atom stereocenters. The molecule has 1 saturated heterocycles. The van der Waals surface area contributed by atoms with Gasteiger partial charge in [-0.3, -0.25) is 9.69 Å². The van der Waals surface area contributed by atoms with Gasteiger partial charge in [0.05, 0.1) is 13.3 Å². The Labute approximate surface area is 160 Å². The minimum atomic E-state index is 0.0452. The van der Waals surface area contributed by atoms with Gasteiger partial charge in [-0.25, -0.2) is 4.98 Å². The first-order valence-corrected chi connectivity index (χ1v) is 9.75. The Balaban J connectivity index is 1.40. The molecule has 1 aliphatic rings. The van der Waals surface area contributed by atoms with Crippen molar-refractivity contribution in [2.24, 2.45) is 0 Å². The van der Waals surface area contributed by atoms with Crippen molar-refractivity contribution >= 4 is 5.91 Å². The van der Waals surface area contributed by atoms with E-state index in [1.165, 1.54) is 19.3 Å². The third-order valence-corrected chi connectivity index (χ3v) is 5.16. The molecule has 1 amide bonds. The van der Waals surface area contributed by atoms with Crippen LogP contribution in [0.25, 0.3) is 11.3 Å². The smallest absolute Gasteiger partial charge is 0.220 e. The summed E-state index contributed by atoms with van der Waals surface area (Å²) in [5, 5.41) is 3.01. The number of carbonyl (C=O) groups excluding carboxylic acids is 1. The third-order valence-electron chi connectivity index (χ3n) is 5.16. The Morgan fingerprint density at radius 1 is 1.33 bits per heavy atom. The van der Waals surface area contributed by atoms with Crippen LogP contribution in [0.2, 0.25) is 0 Å². The van der Waals surface area contributed by atoms with Gasteiger partial charge in [0.15, 0.2) is 11.7 Å². The van der Waals surface area contributed by atoms with Crippen molar-refractivity contribution in [2.75, 3.05) is 26.7 Å². The molecule has 1 fully saturated rings. The van der Waals surface area contributed by atoms with Crippen LogP contribution in [-0.4, -0.2) is 48.6 Å². The molecule has 0 aliphatic carbocycles. The number of carbonyl (C=O) groups is 1. The summed E-state index contributed by atoms with van der Waals surface area (Å²) in [5.74, 6) is 2.13. The molecule has 3 rings (SSSR count). The Bertz CT molecular complexity index is 727. The van der Waals surface area contributed by atoms with Crippen molar-refractivity contribution in [2.45, 2.75) is 45.1 Å². The fourth-order valence-corrected chi connectivity index (χ4v) is 3.45. The molecule has 6 nitrogen and oxygen atoms in total. The minimum absolute atomic E-state index is 0.0452. The lowest BCUT2D eigenvalue weighted by molar-refractivity contribution is -0.121. The van der Waals surface area contributed by atoms with Crippen molar-refractivity contribution in [3.63, 3.8) is 0 Å². The molecule has 1 atom stereocenters. The highest BCUT2D eigenvalue weighted by Crippen LogP contribution is 2.23. The molecular weight excluding hydrogens is 342 g/mol. The van der Waals surface area contributed by atoms with E-state index in [2.05, 4.69) is 22.1 Å². The second-order valence-corrected chi connectivity index (χ2v) is 7.08. The molecule has 2 heterocycles. The van der Waals surface area contributed by atoms with Crippen LogP contribution in [0.15, 0.2) is 34.9 Å². The Morgan fingerprint density at radius 3 is 2.89 bits per heavy atom. The number of benzene rings is 1. The number of rotatable bonds is 8. The van der Waals surface area contributed by atoms with Crippen molar-refractivity contribution in [1.82, 2.24) is 15.2 Å². The van der Waals surface area contributed by atoms with Crippen LogP contribution < -0.4 is 10.1 Å². The minimum Gasteiger partial charge on any atom is -0.497 e. The van der Waals surface area contributed by atoms with Gasteiger partial charge in [-0.05, 0) is 50.6 Å². The number of amides is 1. The van der Waals surface area contributed by atoms with Crippen LogP contribution in [0.5, 0.6) is 5.75 Å². The number of aryl methyl sites for hydroxylation is 1. The number of likely N-dealkylation sites (tertiary alicyclic amines) is 1. The molecule has 1 aliphatic heterocycles. The lowest BCUT2D eigenvalue weighted by Crippen LogP contribution is -2.42. The van der Waals surface area contributed by atoms with Gasteiger partial charge in [0, 0.05) is 37.5 Å². The zero-order chi connectivity index (χ0) is 19.1. The highest BCUT2D eigenvalue weighted by Gasteiger charge is 2.17. The van der Waals surface area contributed by atoms with E-state index in [9.17, 15) is 4.79 Å². The van der Waals surface area contributed by atoms with Crippen molar-refractivity contribution in [3.8, 4) is 17.1 Å². The summed E-state index contributed by atoms with van der Waals surface area (Å²) in [4.78, 5) is 18.8. The van der Waals surface area contributed by atoms with Gasteiger partial charge in [-0.2, -0.15) is 0 Å². The topological polar surface area (TPSA) is 67.6 Å². The predicted molar refractivity (Wildman–Crippen MR) is 105 cm³/mol. The van der Waals surface area contributed by atoms with Crippen LogP contribution in [-0.2, 0) is 11.2 Å². The van der Waals surface area contributed by atoms with Gasteiger partial charge in [0.2, 0.25) is 5.91 Å². The first-order valence-electron chi connectivity index (χ1n) is 9.75. The van der Waals surface area contributed by atoms with Gasteiger partial charge in [0.25, 0.3) is 0 Å². The molecular formula is C21H29N3O3. The first kappa shape index (κ1) is 19.4. The number of nitrogens with one attached hydrogen (secondary N) is 1. The van der Waals surface area contributed by atoms with E-state index >= 15 is 0 Å². The zero-order valence-corrected chi connectivity index (χ0v) is 16.2. The summed E-state index contributed by atoms with van der Waals surface area (Å²) in [5.41, 5.74) is 0.939. The fourth-order valence-electron chi connectivity index (χ4n) is 3.45. The van der Waals surface area contributed by atoms with Gasteiger partial charge in [0.1, 0.15) is 5.75 Å². The van der Waals surface area contributed by atoms with Crippen molar-refractivity contribution in [1.29, 1.82) is 0 Å². The van der Waals surface area contributed by atoms with E-state index in [-0.39, 0.29) is 5.91 Å². The highest BCUT2D eigenvalue weighted by molar-refractivity contribution is 5.76. The monoisotopic (exact) mass is 371 g/mol. The fraction of sp³-hybridized carbons (Fsp3) is 0.524. The number of nitrogens with zero attached hydrogens (tertiary/aromatic N) is 2. The summed E-state index contributed by atoms with van der Waals surface area (Å²) < 4.78 is 10.9.